The van der Waals surface area contributed by atoms with Gasteiger partial charge in [0, 0.05) is 6.04 Å². The third kappa shape index (κ3) is 2.68. The summed E-state index contributed by atoms with van der Waals surface area (Å²) in [6.07, 6.45) is 7.23. The first kappa shape index (κ1) is 18.8. The Morgan fingerprint density at radius 3 is 2.59 bits per heavy atom. The third-order valence-corrected chi connectivity index (χ3v) is 7.27. The molecule has 4 aliphatic rings. The van der Waals surface area contributed by atoms with Gasteiger partial charge in [-0.3, -0.25) is 9.59 Å². The van der Waals surface area contributed by atoms with Crippen molar-refractivity contribution in [3.05, 3.63) is 47.8 Å². The van der Waals surface area contributed by atoms with Crippen LogP contribution in [0.15, 0.2) is 36.4 Å². The molecule has 29 heavy (non-hydrogen) atoms. The minimum absolute atomic E-state index is 0.00857. The maximum absolute atomic E-state index is 13.5. The number of nitrogens with one attached hydrogen (secondary N) is 1. The van der Waals surface area contributed by atoms with Crippen LogP contribution >= 0.6 is 0 Å². The van der Waals surface area contributed by atoms with Gasteiger partial charge in [0.15, 0.2) is 0 Å². The minimum Gasteiger partial charge on any atom is -0.360 e. The molecule has 0 aromatic heterocycles. The molecule has 2 amide bonds. The molecule has 3 heterocycles. The van der Waals surface area contributed by atoms with Gasteiger partial charge in [0.25, 0.3) is 0 Å². The summed E-state index contributed by atoms with van der Waals surface area (Å²) in [6, 6.07) is 6.49. The van der Waals surface area contributed by atoms with Gasteiger partial charge in [-0.25, -0.2) is 4.39 Å². The van der Waals surface area contributed by atoms with Crippen molar-refractivity contribution in [3.8, 4) is 0 Å². The Hall–Kier alpha value is -2.21. The van der Waals surface area contributed by atoms with Crippen molar-refractivity contribution < 1.29 is 18.7 Å². The van der Waals surface area contributed by atoms with Crippen LogP contribution in [0.25, 0.3) is 0 Å². The van der Waals surface area contributed by atoms with Crippen LogP contribution in [0, 0.1) is 17.7 Å². The number of carbonyl (C=O) groups is 2. The van der Waals surface area contributed by atoms with E-state index in [2.05, 4.69) is 5.32 Å². The SMILES string of the molecule is CC(C)N1C[C@@]23C=C[C@@H](O2)[C@H](C(=O)NC2(c4ccc(F)cc4)CCCC2)[C@H]3C1=O. The molecular formula is C23H27FN2O3. The number of amides is 2. The van der Waals surface area contributed by atoms with E-state index in [0.717, 1.165) is 31.2 Å². The van der Waals surface area contributed by atoms with Crippen LogP contribution in [0.4, 0.5) is 4.39 Å². The van der Waals surface area contributed by atoms with Gasteiger partial charge in [-0.15, -0.1) is 0 Å². The van der Waals surface area contributed by atoms with Crippen molar-refractivity contribution in [3.63, 3.8) is 0 Å². The summed E-state index contributed by atoms with van der Waals surface area (Å²) in [5.74, 6) is -1.39. The highest BCUT2D eigenvalue weighted by atomic mass is 19.1. The van der Waals surface area contributed by atoms with Gasteiger partial charge in [-0.1, -0.05) is 37.1 Å². The minimum atomic E-state index is -0.674. The number of ether oxygens (including phenoxy) is 1. The first-order valence-electron chi connectivity index (χ1n) is 10.6. The second kappa shape index (κ2) is 6.39. The van der Waals surface area contributed by atoms with E-state index in [1.54, 1.807) is 12.1 Å². The summed E-state index contributed by atoms with van der Waals surface area (Å²) in [7, 11) is 0. The molecule has 1 N–H and O–H groups in total. The molecule has 5 nitrogen and oxygen atoms in total. The molecule has 154 valence electrons. The van der Waals surface area contributed by atoms with Crippen LogP contribution in [-0.4, -0.2) is 41.0 Å². The van der Waals surface area contributed by atoms with Crippen LogP contribution in [0.2, 0.25) is 0 Å². The van der Waals surface area contributed by atoms with E-state index < -0.39 is 23.0 Å². The van der Waals surface area contributed by atoms with Gasteiger partial charge < -0.3 is 15.0 Å². The zero-order chi connectivity index (χ0) is 20.4. The quantitative estimate of drug-likeness (QED) is 0.794. The number of nitrogens with zero attached hydrogens (tertiary/aromatic N) is 1. The molecule has 5 rings (SSSR count). The predicted molar refractivity (Wildman–Crippen MR) is 105 cm³/mol. The number of halogens is 1. The molecule has 1 saturated carbocycles. The van der Waals surface area contributed by atoms with Crippen molar-refractivity contribution in [1.82, 2.24) is 10.2 Å². The highest BCUT2D eigenvalue weighted by Crippen LogP contribution is 2.52. The second-order valence-corrected chi connectivity index (χ2v) is 9.25. The van der Waals surface area contributed by atoms with E-state index >= 15 is 0 Å². The Labute approximate surface area is 170 Å². The maximum atomic E-state index is 13.5. The predicted octanol–water partition coefficient (Wildman–Crippen LogP) is 2.90. The number of carbonyl (C=O) groups excluding carboxylic acids is 2. The highest BCUT2D eigenvalue weighted by molar-refractivity contribution is 5.93. The smallest absolute Gasteiger partial charge is 0.230 e. The van der Waals surface area contributed by atoms with Crippen molar-refractivity contribution in [1.29, 1.82) is 0 Å². The van der Waals surface area contributed by atoms with Crippen molar-refractivity contribution in [2.24, 2.45) is 11.8 Å². The van der Waals surface area contributed by atoms with Gasteiger partial charge >= 0.3 is 0 Å². The summed E-state index contributed by atoms with van der Waals surface area (Å²) in [5.41, 5.74) is -0.240. The second-order valence-electron chi connectivity index (χ2n) is 9.25. The van der Waals surface area contributed by atoms with Crippen LogP contribution in [0.3, 0.4) is 0 Å². The van der Waals surface area contributed by atoms with Crippen molar-refractivity contribution in [2.75, 3.05) is 6.54 Å². The Morgan fingerprint density at radius 1 is 1.24 bits per heavy atom. The standard InChI is InChI=1S/C23H27FN2O3/c1-14(2)26-13-23-12-9-17(29-23)18(19(23)21(26)28)20(27)25-22(10-3-4-11-22)15-5-7-16(24)8-6-15/h5-9,12,14,17-19H,3-4,10-11,13H2,1-2H3,(H,25,27)/t17-,18+,19+,23-/m1/s1. The Bertz CT molecular complexity index is 875. The largest absolute Gasteiger partial charge is 0.360 e. The number of likely N-dealkylation sites (tertiary alicyclic amines) is 1. The lowest BCUT2D eigenvalue weighted by molar-refractivity contribution is -0.139. The van der Waals surface area contributed by atoms with E-state index in [9.17, 15) is 14.0 Å². The zero-order valence-corrected chi connectivity index (χ0v) is 16.9. The lowest BCUT2D eigenvalue weighted by atomic mass is 9.76. The van der Waals surface area contributed by atoms with Crippen molar-refractivity contribution in [2.45, 2.75) is 62.8 Å². The van der Waals surface area contributed by atoms with E-state index in [1.165, 1.54) is 12.1 Å². The van der Waals surface area contributed by atoms with Gasteiger partial charge in [-0.2, -0.15) is 0 Å². The van der Waals surface area contributed by atoms with Crippen LogP contribution < -0.4 is 5.32 Å². The number of benzene rings is 1. The van der Waals surface area contributed by atoms with Crippen LogP contribution in [-0.2, 0) is 19.9 Å². The molecule has 3 aliphatic heterocycles. The summed E-state index contributed by atoms with van der Waals surface area (Å²) >= 11 is 0. The monoisotopic (exact) mass is 398 g/mol. The molecule has 0 unspecified atom stereocenters. The molecule has 3 fully saturated rings. The van der Waals surface area contributed by atoms with E-state index in [1.807, 2.05) is 30.9 Å². The Kier molecular flexibility index (Phi) is 4.14. The molecular weight excluding hydrogens is 371 g/mol. The lowest BCUT2D eigenvalue weighted by Gasteiger charge is -2.34. The summed E-state index contributed by atoms with van der Waals surface area (Å²) in [4.78, 5) is 28.5. The van der Waals surface area contributed by atoms with Gasteiger partial charge in [-0.05, 0) is 44.4 Å². The van der Waals surface area contributed by atoms with E-state index in [4.69, 9.17) is 4.74 Å². The molecule has 1 aromatic rings. The highest BCUT2D eigenvalue weighted by Gasteiger charge is 2.67. The Balaban J connectivity index is 1.44. The molecule has 1 aliphatic carbocycles. The lowest BCUT2D eigenvalue weighted by Crippen LogP contribution is -2.51. The van der Waals surface area contributed by atoms with E-state index in [-0.39, 0.29) is 29.8 Å². The normalized spacial score (nSPS) is 34.3. The molecule has 1 spiro atoms. The summed E-state index contributed by atoms with van der Waals surface area (Å²) in [6.45, 7) is 4.49. The van der Waals surface area contributed by atoms with E-state index in [0.29, 0.717) is 6.54 Å². The average molecular weight is 398 g/mol. The van der Waals surface area contributed by atoms with Crippen molar-refractivity contribution >= 4 is 11.8 Å². The molecule has 2 bridgehead atoms. The van der Waals surface area contributed by atoms with Gasteiger partial charge in [0.1, 0.15) is 11.4 Å². The van der Waals surface area contributed by atoms with Crippen LogP contribution in [0.5, 0.6) is 0 Å². The summed E-state index contributed by atoms with van der Waals surface area (Å²) in [5, 5.41) is 3.28. The molecule has 1 aromatic carbocycles. The first-order valence-corrected chi connectivity index (χ1v) is 10.6. The Morgan fingerprint density at radius 2 is 1.93 bits per heavy atom. The number of fused-ring (bicyclic) bond motifs is 1. The fourth-order valence-electron chi connectivity index (χ4n) is 5.82. The zero-order valence-electron chi connectivity index (χ0n) is 16.9. The number of hydrogen-bond acceptors (Lipinski definition) is 3. The molecule has 4 atom stereocenters. The number of rotatable bonds is 4. The molecule has 6 heteroatoms. The summed E-state index contributed by atoms with van der Waals surface area (Å²) < 4.78 is 19.6. The average Bonchev–Trinajstić information content (AvgIpc) is 3.44. The molecule has 0 radical (unpaired) electrons. The third-order valence-electron chi connectivity index (χ3n) is 7.27. The fraction of sp³-hybridized carbons (Fsp3) is 0.565. The topological polar surface area (TPSA) is 58.6 Å². The van der Waals surface area contributed by atoms with Gasteiger partial charge in [0.2, 0.25) is 11.8 Å². The molecule has 2 saturated heterocycles. The first-order chi connectivity index (χ1) is 13.9. The maximum Gasteiger partial charge on any atom is 0.230 e. The fourth-order valence-corrected chi connectivity index (χ4v) is 5.82. The van der Waals surface area contributed by atoms with Gasteiger partial charge in [0.05, 0.1) is 30.0 Å². The number of hydrogen-bond donors (Lipinski definition) is 1. The van der Waals surface area contributed by atoms with Crippen LogP contribution in [0.1, 0.15) is 45.1 Å².